The van der Waals surface area contributed by atoms with Crippen LogP contribution in [0.15, 0.2) is 42.2 Å². The van der Waals surface area contributed by atoms with Gasteiger partial charge in [0.25, 0.3) is 0 Å². The van der Waals surface area contributed by atoms with Gasteiger partial charge < -0.3 is 4.74 Å². The summed E-state index contributed by atoms with van der Waals surface area (Å²) in [6.45, 7) is 8.27. The first-order valence-electron chi connectivity index (χ1n) is 8.93. The van der Waals surface area contributed by atoms with Gasteiger partial charge in [-0.05, 0) is 57.5 Å². The molecule has 0 saturated heterocycles. The lowest BCUT2D eigenvalue weighted by Gasteiger charge is -2.06. The van der Waals surface area contributed by atoms with E-state index < -0.39 is 0 Å². The first-order chi connectivity index (χ1) is 13.3. The molecule has 2 nitrogen and oxygen atoms in total. The lowest BCUT2D eigenvalue weighted by molar-refractivity contribution is -0.131. The van der Waals surface area contributed by atoms with Gasteiger partial charge in [0.1, 0.15) is 5.76 Å². The molecule has 4 rings (SSSR count). The predicted molar refractivity (Wildman–Crippen MR) is 120 cm³/mol. The normalized spacial score (nSPS) is 15.6. The van der Waals surface area contributed by atoms with Crippen LogP contribution in [-0.4, -0.2) is 5.97 Å². The third-order valence-electron chi connectivity index (χ3n) is 4.72. The Morgan fingerprint density at radius 2 is 1.46 bits per heavy atom. The Kier molecular flexibility index (Phi) is 5.04. The molecule has 0 unspecified atom stereocenters. The van der Waals surface area contributed by atoms with Crippen molar-refractivity contribution < 1.29 is 9.53 Å². The second kappa shape index (κ2) is 7.36. The highest BCUT2D eigenvalue weighted by Gasteiger charge is 2.34. The maximum atomic E-state index is 13.0. The van der Waals surface area contributed by atoms with E-state index in [2.05, 4.69) is 32.9 Å². The summed E-state index contributed by atoms with van der Waals surface area (Å²) < 4.78 is 5.78. The van der Waals surface area contributed by atoms with Crippen LogP contribution < -0.4 is 0 Å². The number of ether oxygens (including phenoxy) is 1. The number of halogens is 1. The van der Waals surface area contributed by atoms with E-state index in [1.165, 1.54) is 9.75 Å². The number of aryl methyl sites for hydroxylation is 4. The standard InChI is InChI=1S/C23H19ClO2S2/c1-12-9-17(14(3)27-12)21-20(11-16-7-5-6-8-19(16)24)26-23(25)22(21)18-10-13(2)28-15(18)4/h5-11H,1-4H3. The van der Waals surface area contributed by atoms with E-state index in [9.17, 15) is 4.79 Å². The van der Waals surface area contributed by atoms with Gasteiger partial charge in [-0.15, -0.1) is 22.7 Å². The Balaban J connectivity index is 2.01. The topological polar surface area (TPSA) is 26.3 Å². The molecule has 0 saturated carbocycles. The minimum absolute atomic E-state index is 0.308. The molecule has 28 heavy (non-hydrogen) atoms. The number of benzene rings is 1. The van der Waals surface area contributed by atoms with Gasteiger partial charge >= 0.3 is 5.97 Å². The van der Waals surface area contributed by atoms with E-state index in [1.54, 1.807) is 22.7 Å². The Bertz CT molecular complexity index is 1160. The molecule has 3 aromatic rings. The Hall–Kier alpha value is -2.14. The molecule has 1 aromatic carbocycles. The molecule has 5 heteroatoms. The second-order valence-corrected chi connectivity index (χ2v) is 10.2. The summed E-state index contributed by atoms with van der Waals surface area (Å²) in [6, 6.07) is 11.8. The van der Waals surface area contributed by atoms with Crippen LogP contribution in [0.1, 0.15) is 36.2 Å². The third kappa shape index (κ3) is 3.37. The van der Waals surface area contributed by atoms with Crippen molar-refractivity contribution in [2.24, 2.45) is 0 Å². The Morgan fingerprint density at radius 3 is 2.00 bits per heavy atom. The summed E-state index contributed by atoms with van der Waals surface area (Å²) in [5, 5.41) is 0.625. The van der Waals surface area contributed by atoms with Gasteiger partial charge in [0, 0.05) is 41.2 Å². The van der Waals surface area contributed by atoms with E-state index in [4.69, 9.17) is 16.3 Å². The van der Waals surface area contributed by atoms with Crippen molar-refractivity contribution in [1.82, 2.24) is 0 Å². The van der Waals surface area contributed by atoms with Crippen molar-refractivity contribution >= 4 is 57.5 Å². The lowest BCUT2D eigenvalue weighted by Crippen LogP contribution is -1.98. The Labute approximate surface area is 177 Å². The molecule has 142 valence electrons. The number of rotatable bonds is 3. The van der Waals surface area contributed by atoms with E-state index in [-0.39, 0.29) is 5.97 Å². The van der Waals surface area contributed by atoms with Crippen LogP contribution in [0.4, 0.5) is 0 Å². The van der Waals surface area contributed by atoms with Crippen LogP contribution >= 0.6 is 34.3 Å². The maximum Gasteiger partial charge on any atom is 0.344 e. The van der Waals surface area contributed by atoms with Crippen LogP contribution in [0, 0.1) is 27.7 Å². The van der Waals surface area contributed by atoms with Crippen LogP contribution in [0.25, 0.3) is 17.2 Å². The first kappa shape index (κ1) is 19.2. The quantitative estimate of drug-likeness (QED) is 0.413. The van der Waals surface area contributed by atoms with Crippen molar-refractivity contribution in [3.05, 3.63) is 83.4 Å². The highest BCUT2D eigenvalue weighted by atomic mass is 35.5. The van der Waals surface area contributed by atoms with Gasteiger partial charge in [-0.2, -0.15) is 0 Å². The molecule has 0 bridgehead atoms. The van der Waals surface area contributed by atoms with Gasteiger partial charge in [-0.1, -0.05) is 29.8 Å². The number of allylic oxidation sites excluding steroid dienone is 1. The molecule has 1 aliphatic rings. The minimum atomic E-state index is -0.308. The van der Waals surface area contributed by atoms with E-state index in [0.29, 0.717) is 16.4 Å². The summed E-state index contributed by atoms with van der Waals surface area (Å²) in [6.07, 6.45) is 1.86. The molecule has 0 radical (unpaired) electrons. The second-order valence-electron chi connectivity index (χ2n) is 6.82. The average molecular weight is 427 g/mol. The number of esters is 1. The van der Waals surface area contributed by atoms with Crippen molar-refractivity contribution in [3.8, 4) is 0 Å². The summed E-state index contributed by atoms with van der Waals surface area (Å²) in [5.74, 6) is 0.245. The fourth-order valence-corrected chi connectivity index (χ4v) is 5.58. The van der Waals surface area contributed by atoms with Gasteiger partial charge in [0.15, 0.2) is 0 Å². The molecular formula is C23H19ClO2S2. The molecule has 2 aromatic heterocycles. The van der Waals surface area contributed by atoms with Crippen molar-refractivity contribution in [2.45, 2.75) is 27.7 Å². The number of thiophene rings is 2. The summed E-state index contributed by atoms with van der Waals surface area (Å²) in [4.78, 5) is 17.6. The van der Waals surface area contributed by atoms with E-state index >= 15 is 0 Å². The van der Waals surface area contributed by atoms with Crippen molar-refractivity contribution in [2.75, 3.05) is 0 Å². The first-order valence-corrected chi connectivity index (χ1v) is 10.9. The third-order valence-corrected chi connectivity index (χ3v) is 6.99. The van der Waals surface area contributed by atoms with Gasteiger partial charge in [0.05, 0.1) is 5.57 Å². The zero-order valence-corrected chi connectivity index (χ0v) is 18.4. The molecule has 0 aliphatic carbocycles. The zero-order chi connectivity index (χ0) is 20.0. The molecule has 0 amide bonds. The summed E-state index contributed by atoms with van der Waals surface area (Å²) in [5.41, 5.74) is 4.32. The van der Waals surface area contributed by atoms with Gasteiger partial charge in [-0.25, -0.2) is 4.79 Å². The number of carbonyl (C=O) groups excluding carboxylic acids is 1. The van der Waals surface area contributed by atoms with E-state index in [0.717, 1.165) is 32.0 Å². The van der Waals surface area contributed by atoms with Crippen LogP contribution in [0.2, 0.25) is 5.02 Å². The zero-order valence-electron chi connectivity index (χ0n) is 16.1. The fraction of sp³-hybridized carbons (Fsp3) is 0.174. The number of carbonyl (C=O) groups is 1. The molecule has 0 N–H and O–H groups in total. The molecule has 0 atom stereocenters. The van der Waals surface area contributed by atoms with Crippen molar-refractivity contribution in [1.29, 1.82) is 0 Å². The van der Waals surface area contributed by atoms with Crippen LogP contribution in [-0.2, 0) is 9.53 Å². The number of cyclic esters (lactones) is 1. The van der Waals surface area contributed by atoms with Gasteiger partial charge in [0.2, 0.25) is 0 Å². The monoisotopic (exact) mass is 426 g/mol. The van der Waals surface area contributed by atoms with Crippen molar-refractivity contribution in [3.63, 3.8) is 0 Å². The molecule has 0 spiro atoms. The molecule has 0 fully saturated rings. The predicted octanol–water partition coefficient (Wildman–Crippen LogP) is 7.21. The SMILES string of the molecule is Cc1cc(C2=C(c3cc(C)sc3C)C(=Cc3ccccc3Cl)OC2=O)c(C)s1. The lowest BCUT2D eigenvalue weighted by atomic mass is 9.94. The van der Waals surface area contributed by atoms with E-state index in [1.807, 2.05) is 37.3 Å². The number of hydrogen-bond donors (Lipinski definition) is 0. The molecule has 3 heterocycles. The molecular weight excluding hydrogens is 408 g/mol. The van der Waals surface area contributed by atoms with Crippen LogP contribution in [0.5, 0.6) is 0 Å². The highest BCUT2D eigenvalue weighted by molar-refractivity contribution is 7.12. The number of hydrogen-bond acceptors (Lipinski definition) is 4. The maximum absolute atomic E-state index is 13.0. The minimum Gasteiger partial charge on any atom is -0.422 e. The highest BCUT2D eigenvalue weighted by Crippen LogP contribution is 2.45. The fourth-order valence-electron chi connectivity index (χ4n) is 3.53. The smallest absolute Gasteiger partial charge is 0.344 e. The average Bonchev–Trinajstić information content (AvgIpc) is 3.24. The van der Waals surface area contributed by atoms with Gasteiger partial charge in [-0.3, -0.25) is 0 Å². The van der Waals surface area contributed by atoms with Crippen LogP contribution in [0.3, 0.4) is 0 Å². The largest absolute Gasteiger partial charge is 0.422 e. The summed E-state index contributed by atoms with van der Waals surface area (Å²) >= 11 is 9.77. The molecule has 1 aliphatic heterocycles. The summed E-state index contributed by atoms with van der Waals surface area (Å²) in [7, 11) is 0. The Morgan fingerprint density at radius 1 is 0.893 bits per heavy atom.